The van der Waals surface area contributed by atoms with Crippen LogP contribution in [0.1, 0.15) is 11.7 Å². The molecule has 0 saturated heterocycles. The van der Waals surface area contributed by atoms with E-state index in [1.165, 1.54) is 0 Å². The molecule has 6 heteroatoms. The fourth-order valence-electron chi connectivity index (χ4n) is 2.03. The smallest absolute Gasteiger partial charge is 0.160 e. The molecule has 3 aromatic rings. The van der Waals surface area contributed by atoms with Crippen LogP contribution in [0.2, 0.25) is 0 Å². The minimum Gasteiger partial charge on any atom is -0.329 e. The molecule has 0 spiro atoms. The Bertz CT molecular complexity index is 728. The molecule has 6 nitrogen and oxygen atoms in total. The van der Waals surface area contributed by atoms with Gasteiger partial charge >= 0.3 is 0 Å². The highest BCUT2D eigenvalue weighted by atomic mass is 14.9. The highest BCUT2D eigenvalue weighted by molar-refractivity contribution is 5.82. The van der Waals surface area contributed by atoms with Crippen LogP contribution in [-0.4, -0.2) is 26.5 Å². The van der Waals surface area contributed by atoms with Crippen molar-refractivity contribution in [2.24, 2.45) is 11.5 Å². The summed E-state index contributed by atoms with van der Waals surface area (Å²) >= 11 is 0. The van der Waals surface area contributed by atoms with Gasteiger partial charge in [0.15, 0.2) is 5.82 Å². The topological polar surface area (TPSA) is 104 Å². The van der Waals surface area contributed by atoms with E-state index in [0.29, 0.717) is 12.4 Å². The number of hydrogen-bond acceptors (Lipinski definition) is 6. The molecule has 0 saturated carbocycles. The molecule has 1 unspecified atom stereocenters. The van der Waals surface area contributed by atoms with Crippen molar-refractivity contribution in [1.82, 2.24) is 19.9 Å². The molecule has 3 heterocycles. The number of nitrogens with two attached hydrogens (primary N) is 2. The minimum absolute atomic E-state index is 0.324. The third-order valence-electron chi connectivity index (χ3n) is 3.07. The zero-order valence-corrected chi connectivity index (χ0v) is 10.8. The van der Waals surface area contributed by atoms with Gasteiger partial charge in [0.25, 0.3) is 0 Å². The van der Waals surface area contributed by atoms with Gasteiger partial charge in [0.05, 0.1) is 23.4 Å². The molecule has 0 radical (unpaired) electrons. The second-order valence-electron chi connectivity index (χ2n) is 4.40. The van der Waals surface area contributed by atoms with Gasteiger partial charge in [0.1, 0.15) is 0 Å². The average Bonchev–Trinajstić information content (AvgIpc) is 2.54. The average molecular weight is 266 g/mol. The van der Waals surface area contributed by atoms with E-state index in [1.807, 2.05) is 18.2 Å². The molecule has 4 N–H and O–H groups in total. The van der Waals surface area contributed by atoms with Crippen LogP contribution in [0, 0.1) is 0 Å². The first kappa shape index (κ1) is 12.6. The maximum Gasteiger partial charge on any atom is 0.160 e. The molecule has 0 bridgehead atoms. The van der Waals surface area contributed by atoms with E-state index >= 15 is 0 Å². The molecule has 0 aliphatic heterocycles. The fraction of sp³-hybridized carbons (Fsp3) is 0.143. The van der Waals surface area contributed by atoms with Crippen LogP contribution in [-0.2, 0) is 0 Å². The number of aromatic nitrogens is 4. The van der Waals surface area contributed by atoms with Crippen LogP contribution in [0.3, 0.4) is 0 Å². The molecule has 1 atom stereocenters. The summed E-state index contributed by atoms with van der Waals surface area (Å²) in [6.45, 7) is 0.324. The zero-order valence-electron chi connectivity index (χ0n) is 10.8. The normalized spacial score (nSPS) is 12.5. The van der Waals surface area contributed by atoms with Gasteiger partial charge in [0.2, 0.25) is 0 Å². The van der Waals surface area contributed by atoms with Crippen molar-refractivity contribution in [1.29, 1.82) is 0 Å². The van der Waals surface area contributed by atoms with E-state index in [0.717, 1.165) is 22.2 Å². The molecular weight excluding hydrogens is 252 g/mol. The number of pyridine rings is 2. The Morgan fingerprint density at radius 1 is 1.00 bits per heavy atom. The molecule has 20 heavy (non-hydrogen) atoms. The molecule has 0 fully saturated rings. The summed E-state index contributed by atoms with van der Waals surface area (Å²) in [5.74, 6) is 0.604. The predicted molar refractivity (Wildman–Crippen MR) is 76.5 cm³/mol. The Labute approximate surface area is 115 Å². The van der Waals surface area contributed by atoms with Gasteiger partial charge in [-0.2, -0.15) is 0 Å². The number of hydrogen-bond donors (Lipinski definition) is 2. The lowest BCUT2D eigenvalue weighted by atomic mass is 10.1. The van der Waals surface area contributed by atoms with Crippen molar-refractivity contribution in [2.75, 3.05) is 6.54 Å². The summed E-state index contributed by atoms with van der Waals surface area (Å²) in [6, 6.07) is 5.24. The standard InChI is InChI=1S/C14H14N6/c15-7-11(16)13-10-3-6-18-8-12(10)19-14(20-13)9-1-4-17-5-2-9/h1-6,8,11H,7,15-16H2. The summed E-state index contributed by atoms with van der Waals surface area (Å²) < 4.78 is 0. The quantitative estimate of drug-likeness (QED) is 0.734. The van der Waals surface area contributed by atoms with Crippen molar-refractivity contribution in [2.45, 2.75) is 6.04 Å². The Balaban J connectivity index is 2.25. The van der Waals surface area contributed by atoms with Crippen molar-refractivity contribution >= 4 is 10.9 Å². The highest BCUT2D eigenvalue weighted by Crippen LogP contribution is 2.23. The molecule has 0 aliphatic rings. The van der Waals surface area contributed by atoms with Crippen molar-refractivity contribution < 1.29 is 0 Å². The van der Waals surface area contributed by atoms with Crippen molar-refractivity contribution in [3.63, 3.8) is 0 Å². The SMILES string of the molecule is NCC(N)c1nc(-c2ccncc2)nc2cnccc12. The lowest BCUT2D eigenvalue weighted by molar-refractivity contribution is 0.717. The van der Waals surface area contributed by atoms with Gasteiger partial charge in [-0.1, -0.05) is 0 Å². The number of fused-ring (bicyclic) bond motifs is 1. The molecule has 0 aliphatic carbocycles. The first-order chi connectivity index (χ1) is 9.79. The van der Waals surface area contributed by atoms with Gasteiger partial charge in [0, 0.05) is 36.1 Å². The van der Waals surface area contributed by atoms with Gasteiger partial charge in [-0.25, -0.2) is 9.97 Å². The second-order valence-corrected chi connectivity index (χ2v) is 4.40. The van der Waals surface area contributed by atoms with E-state index in [4.69, 9.17) is 11.5 Å². The molecule has 0 amide bonds. The zero-order chi connectivity index (χ0) is 13.9. The van der Waals surface area contributed by atoms with Crippen LogP contribution in [0.25, 0.3) is 22.3 Å². The van der Waals surface area contributed by atoms with Crippen LogP contribution >= 0.6 is 0 Å². The summed E-state index contributed by atoms with van der Waals surface area (Å²) in [5.41, 5.74) is 14.1. The number of nitrogens with zero attached hydrogens (tertiary/aromatic N) is 4. The molecule has 100 valence electrons. The minimum atomic E-state index is -0.330. The molecule has 3 rings (SSSR count). The van der Waals surface area contributed by atoms with Gasteiger partial charge < -0.3 is 11.5 Å². The number of rotatable bonds is 3. The third kappa shape index (κ3) is 2.22. The Morgan fingerprint density at radius 2 is 1.75 bits per heavy atom. The first-order valence-electron chi connectivity index (χ1n) is 6.27. The Morgan fingerprint density at radius 3 is 2.50 bits per heavy atom. The lowest BCUT2D eigenvalue weighted by Crippen LogP contribution is -2.22. The summed E-state index contributed by atoms with van der Waals surface area (Å²) in [7, 11) is 0. The van der Waals surface area contributed by atoms with Gasteiger partial charge in [-0.05, 0) is 18.2 Å². The monoisotopic (exact) mass is 266 g/mol. The van der Waals surface area contributed by atoms with E-state index in [1.54, 1.807) is 24.8 Å². The van der Waals surface area contributed by atoms with E-state index in [-0.39, 0.29) is 6.04 Å². The first-order valence-corrected chi connectivity index (χ1v) is 6.27. The Hall–Kier alpha value is -2.44. The molecule has 0 aromatic carbocycles. The summed E-state index contributed by atoms with van der Waals surface area (Å²) in [4.78, 5) is 17.2. The second kappa shape index (κ2) is 5.28. The van der Waals surface area contributed by atoms with E-state index in [2.05, 4.69) is 19.9 Å². The highest BCUT2D eigenvalue weighted by Gasteiger charge is 2.14. The third-order valence-corrected chi connectivity index (χ3v) is 3.07. The van der Waals surface area contributed by atoms with Gasteiger partial charge in [-0.3, -0.25) is 9.97 Å². The largest absolute Gasteiger partial charge is 0.329 e. The summed E-state index contributed by atoms with van der Waals surface area (Å²) in [5, 5.41) is 0.885. The van der Waals surface area contributed by atoms with E-state index < -0.39 is 0 Å². The Kier molecular flexibility index (Phi) is 3.32. The fourth-order valence-corrected chi connectivity index (χ4v) is 2.03. The summed E-state index contributed by atoms with van der Waals surface area (Å²) in [6.07, 6.45) is 6.81. The van der Waals surface area contributed by atoms with Crippen molar-refractivity contribution in [3.8, 4) is 11.4 Å². The van der Waals surface area contributed by atoms with Crippen LogP contribution in [0.15, 0.2) is 43.0 Å². The van der Waals surface area contributed by atoms with E-state index in [9.17, 15) is 0 Å². The molecule has 3 aromatic heterocycles. The maximum atomic E-state index is 6.06. The predicted octanol–water partition coefficient (Wildman–Crippen LogP) is 1.05. The van der Waals surface area contributed by atoms with Gasteiger partial charge in [-0.15, -0.1) is 0 Å². The maximum absolute atomic E-state index is 6.06. The molecular formula is C14H14N6. The van der Waals surface area contributed by atoms with Crippen LogP contribution < -0.4 is 11.5 Å². The lowest BCUT2D eigenvalue weighted by Gasteiger charge is -2.13. The van der Waals surface area contributed by atoms with Crippen LogP contribution in [0.4, 0.5) is 0 Å². The van der Waals surface area contributed by atoms with Crippen molar-refractivity contribution in [3.05, 3.63) is 48.7 Å². The van der Waals surface area contributed by atoms with Crippen LogP contribution in [0.5, 0.6) is 0 Å².